The van der Waals surface area contributed by atoms with Gasteiger partial charge in [-0.3, -0.25) is 9.59 Å². The number of amides is 2. The lowest BCUT2D eigenvalue weighted by Crippen LogP contribution is -2.36. The lowest BCUT2D eigenvalue weighted by atomic mass is 9.97. The Morgan fingerprint density at radius 3 is 2.80 bits per heavy atom. The number of nitrogens with one attached hydrogen (secondary N) is 1. The highest BCUT2D eigenvalue weighted by atomic mass is 19.1. The summed E-state index contributed by atoms with van der Waals surface area (Å²) in [7, 11) is 0. The summed E-state index contributed by atoms with van der Waals surface area (Å²) in [5, 5.41) is 12.4. The highest BCUT2D eigenvalue weighted by Gasteiger charge is 2.26. The first kappa shape index (κ1) is 16.7. The number of carbonyl (C=O) groups excluding carboxylic acids is 2. The quantitative estimate of drug-likeness (QED) is 0.844. The first-order valence-corrected chi connectivity index (χ1v) is 7.81. The maximum absolute atomic E-state index is 14.0. The van der Waals surface area contributed by atoms with E-state index in [1.165, 1.54) is 17.0 Å². The smallest absolute Gasteiger partial charge is 0.254 e. The predicted molar refractivity (Wildman–Crippen MR) is 91.8 cm³/mol. The standard InChI is InChI=1S/C19H17FN2O3/c1-2-18(24)21-13-5-3-4-12(10-13)19(25)22-9-8-14-15(11-22)16(20)6-7-17(14)23/h2-7,10,23H,1,8-9,11H2,(H,21,24). The SMILES string of the molecule is C=CC(=O)Nc1cccc(C(=O)N2CCc3c(O)ccc(F)c3C2)c1. The molecule has 2 amide bonds. The van der Waals surface area contributed by atoms with E-state index in [2.05, 4.69) is 11.9 Å². The van der Waals surface area contributed by atoms with E-state index in [0.29, 0.717) is 35.3 Å². The monoisotopic (exact) mass is 340 g/mol. The van der Waals surface area contributed by atoms with Gasteiger partial charge in [-0.25, -0.2) is 4.39 Å². The molecule has 0 unspecified atom stereocenters. The molecule has 1 aliphatic heterocycles. The summed E-state index contributed by atoms with van der Waals surface area (Å²) in [5.41, 5.74) is 1.77. The average Bonchev–Trinajstić information content (AvgIpc) is 2.64. The second-order valence-corrected chi connectivity index (χ2v) is 5.77. The van der Waals surface area contributed by atoms with Crippen LogP contribution < -0.4 is 5.32 Å². The van der Waals surface area contributed by atoms with Crippen molar-refractivity contribution in [1.29, 1.82) is 0 Å². The highest BCUT2D eigenvalue weighted by molar-refractivity contribution is 6.00. The molecule has 2 N–H and O–H groups in total. The minimum atomic E-state index is -0.433. The third kappa shape index (κ3) is 3.38. The molecule has 128 valence electrons. The van der Waals surface area contributed by atoms with Crippen LogP contribution in [0.4, 0.5) is 10.1 Å². The van der Waals surface area contributed by atoms with Gasteiger partial charge < -0.3 is 15.3 Å². The molecular formula is C19H17FN2O3. The Balaban J connectivity index is 1.82. The van der Waals surface area contributed by atoms with Gasteiger partial charge >= 0.3 is 0 Å². The predicted octanol–water partition coefficient (Wildman–Crippen LogP) is 2.85. The number of phenolic OH excluding ortho intramolecular Hbond substituents is 1. The molecule has 25 heavy (non-hydrogen) atoms. The lowest BCUT2D eigenvalue weighted by molar-refractivity contribution is -0.111. The minimum absolute atomic E-state index is 0.0534. The number of aromatic hydroxyl groups is 1. The Hall–Kier alpha value is -3.15. The maximum Gasteiger partial charge on any atom is 0.254 e. The molecule has 6 heteroatoms. The molecule has 0 saturated carbocycles. The van der Waals surface area contributed by atoms with Crippen LogP contribution in [0.15, 0.2) is 49.1 Å². The maximum atomic E-state index is 14.0. The van der Waals surface area contributed by atoms with Crippen molar-refractivity contribution in [2.24, 2.45) is 0 Å². The van der Waals surface area contributed by atoms with E-state index in [4.69, 9.17) is 0 Å². The van der Waals surface area contributed by atoms with Crippen molar-refractivity contribution < 1.29 is 19.1 Å². The molecule has 3 rings (SSSR count). The molecule has 5 nitrogen and oxygen atoms in total. The van der Waals surface area contributed by atoms with Crippen molar-refractivity contribution in [3.63, 3.8) is 0 Å². The average molecular weight is 340 g/mol. The first-order chi connectivity index (χ1) is 12.0. The van der Waals surface area contributed by atoms with Crippen LogP contribution in [0.5, 0.6) is 5.75 Å². The molecule has 0 radical (unpaired) electrons. The Kier molecular flexibility index (Phi) is 4.52. The van der Waals surface area contributed by atoms with Crippen LogP contribution in [0, 0.1) is 5.82 Å². The van der Waals surface area contributed by atoms with E-state index in [1.54, 1.807) is 24.3 Å². The Labute approximate surface area is 144 Å². The van der Waals surface area contributed by atoms with Gasteiger partial charge in [-0.1, -0.05) is 12.6 Å². The molecule has 0 spiro atoms. The molecule has 0 atom stereocenters. The summed E-state index contributed by atoms with van der Waals surface area (Å²) in [6.45, 7) is 3.86. The second kappa shape index (κ2) is 6.76. The molecule has 1 aliphatic rings. The van der Waals surface area contributed by atoms with Gasteiger partial charge in [0.05, 0.1) is 0 Å². The zero-order valence-corrected chi connectivity index (χ0v) is 13.5. The number of halogens is 1. The van der Waals surface area contributed by atoms with Crippen molar-refractivity contribution in [3.05, 3.63) is 71.6 Å². The van der Waals surface area contributed by atoms with E-state index in [9.17, 15) is 19.1 Å². The van der Waals surface area contributed by atoms with Gasteiger partial charge in [-0.2, -0.15) is 0 Å². The van der Waals surface area contributed by atoms with Crippen LogP contribution in [0.3, 0.4) is 0 Å². The molecule has 0 fully saturated rings. The number of rotatable bonds is 3. The van der Waals surface area contributed by atoms with E-state index in [1.807, 2.05) is 0 Å². The van der Waals surface area contributed by atoms with Gasteiger partial charge in [-0.05, 0) is 42.8 Å². The Morgan fingerprint density at radius 1 is 1.24 bits per heavy atom. The zero-order valence-electron chi connectivity index (χ0n) is 13.5. The molecule has 0 aromatic heterocycles. The van der Waals surface area contributed by atoms with Gasteiger partial charge in [0.1, 0.15) is 11.6 Å². The van der Waals surface area contributed by atoms with Gasteiger partial charge in [0.15, 0.2) is 0 Å². The highest BCUT2D eigenvalue weighted by Crippen LogP contribution is 2.30. The van der Waals surface area contributed by atoms with E-state index >= 15 is 0 Å². The van der Waals surface area contributed by atoms with Crippen molar-refractivity contribution in [3.8, 4) is 5.75 Å². The fourth-order valence-electron chi connectivity index (χ4n) is 2.90. The number of phenols is 1. The molecule has 2 aromatic carbocycles. The van der Waals surface area contributed by atoms with Crippen LogP contribution in [0.25, 0.3) is 0 Å². The van der Waals surface area contributed by atoms with Gasteiger partial charge in [0, 0.05) is 35.5 Å². The molecule has 0 saturated heterocycles. The van der Waals surface area contributed by atoms with E-state index < -0.39 is 5.82 Å². The fourth-order valence-corrected chi connectivity index (χ4v) is 2.90. The first-order valence-electron chi connectivity index (χ1n) is 7.81. The normalized spacial score (nSPS) is 13.1. The number of anilines is 1. The van der Waals surface area contributed by atoms with Crippen molar-refractivity contribution >= 4 is 17.5 Å². The summed E-state index contributed by atoms with van der Waals surface area (Å²) in [6.07, 6.45) is 1.53. The second-order valence-electron chi connectivity index (χ2n) is 5.77. The van der Waals surface area contributed by atoms with Gasteiger partial charge in [0.25, 0.3) is 5.91 Å². The van der Waals surface area contributed by atoms with Gasteiger partial charge in [0.2, 0.25) is 5.91 Å². The summed E-state index contributed by atoms with van der Waals surface area (Å²) >= 11 is 0. The van der Waals surface area contributed by atoms with Crippen LogP contribution >= 0.6 is 0 Å². The minimum Gasteiger partial charge on any atom is -0.508 e. The van der Waals surface area contributed by atoms with Gasteiger partial charge in [-0.15, -0.1) is 0 Å². The molecular weight excluding hydrogens is 323 g/mol. The molecule has 0 bridgehead atoms. The van der Waals surface area contributed by atoms with Crippen molar-refractivity contribution in [2.75, 3.05) is 11.9 Å². The van der Waals surface area contributed by atoms with Crippen molar-refractivity contribution in [1.82, 2.24) is 4.90 Å². The fraction of sp³-hybridized carbons (Fsp3) is 0.158. The lowest BCUT2D eigenvalue weighted by Gasteiger charge is -2.29. The summed E-state index contributed by atoms with van der Waals surface area (Å²) in [4.78, 5) is 25.6. The van der Waals surface area contributed by atoms with E-state index in [-0.39, 0.29) is 24.1 Å². The third-order valence-corrected chi connectivity index (χ3v) is 4.18. The van der Waals surface area contributed by atoms with Crippen LogP contribution in [-0.4, -0.2) is 28.4 Å². The Bertz CT molecular complexity index is 864. The number of nitrogens with zero attached hydrogens (tertiary/aromatic N) is 1. The number of benzene rings is 2. The Morgan fingerprint density at radius 2 is 2.04 bits per heavy atom. The third-order valence-electron chi connectivity index (χ3n) is 4.18. The molecule has 0 aliphatic carbocycles. The van der Waals surface area contributed by atoms with E-state index in [0.717, 1.165) is 6.08 Å². The molecule has 2 aromatic rings. The number of fused-ring (bicyclic) bond motifs is 1. The number of carbonyl (C=O) groups is 2. The van der Waals surface area contributed by atoms with Crippen LogP contribution in [0.1, 0.15) is 21.5 Å². The number of hydrogen-bond donors (Lipinski definition) is 2. The summed E-state index contributed by atoms with van der Waals surface area (Å²) in [5.74, 6) is -1.01. The summed E-state index contributed by atoms with van der Waals surface area (Å²) in [6, 6.07) is 9.07. The molecule has 1 heterocycles. The van der Waals surface area contributed by atoms with Crippen LogP contribution in [-0.2, 0) is 17.8 Å². The zero-order chi connectivity index (χ0) is 18.0. The summed E-state index contributed by atoms with van der Waals surface area (Å²) < 4.78 is 14.0. The van der Waals surface area contributed by atoms with Crippen molar-refractivity contribution in [2.45, 2.75) is 13.0 Å². The number of hydrogen-bond acceptors (Lipinski definition) is 3. The largest absolute Gasteiger partial charge is 0.508 e. The van der Waals surface area contributed by atoms with Crippen LogP contribution in [0.2, 0.25) is 0 Å². The topological polar surface area (TPSA) is 69.6 Å².